The van der Waals surface area contributed by atoms with E-state index in [2.05, 4.69) is 16.0 Å². The van der Waals surface area contributed by atoms with Crippen molar-refractivity contribution in [3.8, 4) is 5.75 Å². The van der Waals surface area contributed by atoms with E-state index in [9.17, 15) is 9.59 Å². The monoisotopic (exact) mass is 251 g/mol. The fraction of sp³-hybridized carbons (Fsp3) is 0.333. The van der Waals surface area contributed by atoms with Crippen molar-refractivity contribution in [2.75, 3.05) is 20.7 Å². The van der Waals surface area contributed by atoms with E-state index in [1.807, 2.05) is 25.2 Å². The largest absolute Gasteiger partial charge is 0.483 e. The molecule has 1 aromatic carbocycles. The van der Waals surface area contributed by atoms with Crippen LogP contribution < -0.4 is 20.7 Å². The van der Waals surface area contributed by atoms with Crippen LogP contribution in [-0.2, 0) is 11.3 Å². The highest BCUT2D eigenvalue weighted by Gasteiger charge is 2.08. The van der Waals surface area contributed by atoms with Crippen LogP contribution in [0.2, 0.25) is 0 Å². The van der Waals surface area contributed by atoms with E-state index in [0.29, 0.717) is 12.3 Å². The van der Waals surface area contributed by atoms with Crippen LogP contribution in [0.25, 0.3) is 0 Å². The van der Waals surface area contributed by atoms with Crippen molar-refractivity contribution in [2.24, 2.45) is 0 Å². The number of benzene rings is 1. The number of carbonyl (C=O) groups is 2. The SMILES string of the molecule is CNCc1ccccc1OCC(=O)NC(=O)NC. The van der Waals surface area contributed by atoms with Crippen LogP contribution >= 0.6 is 0 Å². The summed E-state index contributed by atoms with van der Waals surface area (Å²) in [6, 6.07) is 6.85. The molecule has 0 radical (unpaired) electrons. The van der Waals surface area contributed by atoms with E-state index < -0.39 is 11.9 Å². The minimum absolute atomic E-state index is 0.200. The van der Waals surface area contributed by atoms with Crippen molar-refractivity contribution < 1.29 is 14.3 Å². The zero-order valence-corrected chi connectivity index (χ0v) is 10.4. The summed E-state index contributed by atoms with van der Waals surface area (Å²) in [6.07, 6.45) is 0. The summed E-state index contributed by atoms with van der Waals surface area (Å²) in [4.78, 5) is 22.2. The minimum atomic E-state index is -0.549. The average Bonchev–Trinajstić information content (AvgIpc) is 2.38. The molecule has 0 aliphatic carbocycles. The van der Waals surface area contributed by atoms with E-state index in [-0.39, 0.29) is 6.61 Å². The van der Waals surface area contributed by atoms with Crippen LogP contribution in [-0.4, -0.2) is 32.6 Å². The van der Waals surface area contributed by atoms with Gasteiger partial charge in [0.1, 0.15) is 5.75 Å². The van der Waals surface area contributed by atoms with Crippen molar-refractivity contribution in [1.29, 1.82) is 0 Å². The molecule has 0 fully saturated rings. The Labute approximate surface area is 106 Å². The summed E-state index contributed by atoms with van der Waals surface area (Å²) in [6.45, 7) is 0.446. The molecule has 3 amide bonds. The summed E-state index contributed by atoms with van der Waals surface area (Å²) in [5, 5.41) is 7.42. The van der Waals surface area contributed by atoms with Gasteiger partial charge in [-0.25, -0.2) is 4.79 Å². The Hall–Kier alpha value is -2.08. The topological polar surface area (TPSA) is 79.5 Å². The summed E-state index contributed by atoms with van der Waals surface area (Å²) in [5.74, 6) is 0.132. The van der Waals surface area contributed by atoms with E-state index in [1.165, 1.54) is 7.05 Å². The lowest BCUT2D eigenvalue weighted by molar-refractivity contribution is -0.122. The van der Waals surface area contributed by atoms with Gasteiger partial charge in [0.25, 0.3) is 5.91 Å². The van der Waals surface area contributed by atoms with Crippen LogP contribution in [0.5, 0.6) is 5.75 Å². The van der Waals surface area contributed by atoms with Gasteiger partial charge in [-0.05, 0) is 13.1 Å². The number of ether oxygens (including phenoxy) is 1. The zero-order valence-electron chi connectivity index (χ0n) is 10.4. The molecule has 0 bridgehead atoms. The first kappa shape index (κ1) is 14.0. The molecule has 0 aromatic heterocycles. The smallest absolute Gasteiger partial charge is 0.321 e. The normalized spacial score (nSPS) is 9.67. The Morgan fingerprint density at radius 2 is 1.94 bits per heavy atom. The maximum atomic E-state index is 11.3. The highest BCUT2D eigenvalue weighted by atomic mass is 16.5. The number of para-hydroxylation sites is 1. The number of amides is 3. The lowest BCUT2D eigenvalue weighted by atomic mass is 10.2. The Kier molecular flexibility index (Phi) is 5.66. The molecule has 1 rings (SSSR count). The molecule has 0 heterocycles. The van der Waals surface area contributed by atoms with Crippen LogP contribution in [0.1, 0.15) is 5.56 Å². The third-order valence-electron chi connectivity index (χ3n) is 2.18. The molecule has 0 spiro atoms. The van der Waals surface area contributed by atoms with Crippen molar-refractivity contribution >= 4 is 11.9 Å². The number of hydrogen-bond donors (Lipinski definition) is 3. The number of hydrogen-bond acceptors (Lipinski definition) is 4. The van der Waals surface area contributed by atoms with Crippen molar-refractivity contribution in [3.05, 3.63) is 29.8 Å². The number of carbonyl (C=O) groups excluding carboxylic acids is 2. The van der Waals surface area contributed by atoms with Gasteiger partial charge < -0.3 is 15.4 Å². The highest BCUT2D eigenvalue weighted by molar-refractivity contribution is 5.94. The van der Waals surface area contributed by atoms with E-state index >= 15 is 0 Å². The number of nitrogens with one attached hydrogen (secondary N) is 3. The Balaban J connectivity index is 2.52. The van der Waals surface area contributed by atoms with Gasteiger partial charge in [0.05, 0.1) is 0 Å². The molecule has 0 saturated carbocycles. The van der Waals surface area contributed by atoms with Crippen LogP contribution in [0, 0.1) is 0 Å². The minimum Gasteiger partial charge on any atom is -0.483 e. The van der Waals surface area contributed by atoms with Gasteiger partial charge in [0.2, 0.25) is 0 Å². The summed E-state index contributed by atoms with van der Waals surface area (Å²) in [5.41, 5.74) is 0.952. The van der Waals surface area contributed by atoms with Crippen molar-refractivity contribution in [1.82, 2.24) is 16.0 Å². The molecule has 0 aliphatic heterocycles. The molecule has 3 N–H and O–H groups in total. The summed E-state index contributed by atoms with van der Waals surface area (Å²) in [7, 11) is 3.26. The molecule has 18 heavy (non-hydrogen) atoms. The molecule has 0 unspecified atom stereocenters. The number of imide groups is 1. The number of rotatable bonds is 5. The third-order valence-corrected chi connectivity index (χ3v) is 2.18. The van der Waals surface area contributed by atoms with Crippen LogP contribution in [0.4, 0.5) is 4.79 Å². The van der Waals surface area contributed by atoms with Gasteiger partial charge >= 0.3 is 6.03 Å². The Morgan fingerprint density at radius 3 is 2.61 bits per heavy atom. The first-order valence-corrected chi connectivity index (χ1v) is 5.54. The fourth-order valence-corrected chi connectivity index (χ4v) is 1.35. The Bertz CT molecular complexity index is 421. The van der Waals surface area contributed by atoms with E-state index in [0.717, 1.165) is 5.56 Å². The standard InChI is InChI=1S/C12H17N3O3/c1-13-7-9-5-3-4-6-10(9)18-8-11(16)15-12(17)14-2/h3-6,13H,7-8H2,1-2H3,(H2,14,15,16,17). The zero-order chi connectivity index (χ0) is 13.4. The first-order valence-electron chi connectivity index (χ1n) is 5.54. The van der Waals surface area contributed by atoms with Gasteiger partial charge in [0.15, 0.2) is 6.61 Å². The maximum absolute atomic E-state index is 11.3. The van der Waals surface area contributed by atoms with Gasteiger partial charge in [-0.1, -0.05) is 18.2 Å². The van der Waals surface area contributed by atoms with E-state index in [4.69, 9.17) is 4.74 Å². The number of urea groups is 1. The van der Waals surface area contributed by atoms with Gasteiger partial charge in [-0.2, -0.15) is 0 Å². The molecule has 6 nitrogen and oxygen atoms in total. The molecule has 6 heteroatoms. The van der Waals surface area contributed by atoms with Gasteiger partial charge in [-0.15, -0.1) is 0 Å². The van der Waals surface area contributed by atoms with Crippen LogP contribution in [0.15, 0.2) is 24.3 Å². The molecule has 0 aliphatic rings. The second kappa shape index (κ2) is 7.29. The van der Waals surface area contributed by atoms with Gasteiger partial charge in [0, 0.05) is 19.2 Å². The summed E-state index contributed by atoms with van der Waals surface area (Å²) >= 11 is 0. The van der Waals surface area contributed by atoms with E-state index in [1.54, 1.807) is 6.07 Å². The average molecular weight is 251 g/mol. The Morgan fingerprint density at radius 1 is 1.22 bits per heavy atom. The third kappa shape index (κ3) is 4.42. The lowest BCUT2D eigenvalue weighted by Gasteiger charge is -2.10. The molecular formula is C12H17N3O3. The predicted octanol–water partition coefficient (Wildman–Crippen LogP) is 0.240. The quantitative estimate of drug-likeness (QED) is 0.700. The first-order chi connectivity index (χ1) is 8.67. The second-order valence-corrected chi connectivity index (χ2v) is 3.55. The fourth-order valence-electron chi connectivity index (χ4n) is 1.35. The van der Waals surface area contributed by atoms with Gasteiger partial charge in [-0.3, -0.25) is 10.1 Å². The highest BCUT2D eigenvalue weighted by Crippen LogP contribution is 2.17. The molecule has 98 valence electrons. The molecular weight excluding hydrogens is 234 g/mol. The maximum Gasteiger partial charge on any atom is 0.321 e. The summed E-state index contributed by atoms with van der Waals surface area (Å²) < 4.78 is 5.36. The van der Waals surface area contributed by atoms with Crippen molar-refractivity contribution in [2.45, 2.75) is 6.54 Å². The molecule has 1 aromatic rings. The molecule has 0 atom stereocenters. The van der Waals surface area contributed by atoms with Crippen LogP contribution in [0.3, 0.4) is 0 Å². The predicted molar refractivity (Wildman–Crippen MR) is 67.3 cm³/mol. The lowest BCUT2D eigenvalue weighted by Crippen LogP contribution is -2.40. The second-order valence-electron chi connectivity index (χ2n) is 3.55. The van der Waals surface area contributed by atoms with Crippen molar-refractivity contribution in [3.63, 3.8) is 0 Å². The molecule has 0 saturated heterocycles.